The fourth-order valence-electron chi connectivity index (χ4n) is 1.90. The van der Waals surface area contributed by atoms with E-state index in [2.05, 4.69) is 4.72 Å². The van der Waals surface area contributed by atoms with Crippen molar-refractivity contribution in [2.45, 2.75) is 17.7 Å². The van der Waals surface area contributed by atoms with Gasteiger partial charge in [-0.05, 0) is 36.6 Å². The Morgan fingerprint density at radius 1 is 1.10 bits per heavy atom. The Morgan fingerprint density at radius 3 is 2.48 bits per heavy atom. The van der Waals surface area contributed by atoms with Crippen LogP contribution in [0.3, 0.4) is 0 Å². The van der Waals surface area contributed by atoms with Gasteiger partial charge in [-0.2, -0.15) is 0 Å². The molecular formula is C15H17ClN2O2S. The number of benzene rings is 2. The van der Waals surface area contributed by atoms with Crippen molar-refractivity contribution >= 4 is 27.3 Å². The molecule has 0 saturated heterocycles. The summed E-state index contributed by atoms with van der Waals surface area (Å²) in [6.45, 7) is 0.374. The fourth-order valence-corrected chi connectivity index (χ4v) is 3.25. The highest BCUT2D eigenvalue weighted by Crippen LogP contribution is 2.22. The van der Waals surface area contributed by atoms with Gasteiger partial charge in [0, 0.05) is 6.54 Å². The topological polar surface area (TPSA) is 72.2 Å². The Hall–Kier alpha value is -1.56. The largest absolute Gasteiger partial charge is 0.398 e. The molecule has 0 aliphatic heterocycles. The van der Waals surface area contributed by atoms with Crippen LogP contribution in [0, 0.1) is 0 Å². The van der Waals surface area contributed by atoms with Gasteiger partial charge in [0.2, 0.25) is 10.0 Å². The van der Waals surface area contributed by atoms with Gasteiger partial charge < -0.3 is 5.73 Å². The van der Waals surface area contributed by atoms with Gasteiger partial charge in [-0.25, -0.2) is 13.1 Å². The van der Waals surface area contributed by atoms with Crippen LogP contribution in [0.4, 0.5) is 5.69 Å². The van der Waals surface area contributed by atoms with Crippen LogP contribution in [-0.2, 0) is 16.4 Å². The molecule has 0 radical (unpaired) electrons. The van der Waals surface area contributed by atoms with Gasteiger partial charge in [-0.1, -0.05) is 41.9 Å². The number of halogens is 1. The van der Waals surface area contributed by atoms with Crippen molar-refractivity contribution in [3.8, 4) is 0 Å². The molecule has 4 nitrogen and oxygen atoms in total. The number of nitrogen functional groups attached to an aromatic ring is 1. The Kier molecular flexibility index (Phi) is 5.22. The van der Waals surface area contributed by atoms with Gasteiger partial charge in [-0.3, -0.25) is 0 Å². The Morgan fingerprint density at radius 2 is 1.81 bits per heavy atom. The second-order valence-electron chi connectivity index (χ2n) is 4.67. The summed E-state index contributed by atoms with van der Waals surface area (Å²) in [5, 5.41) is 0.238. The van der Waals surface area contributed by atoms with Crippen LogP contribution in [0.25, 0.3) is 0 Å². The first-order chi connectivity index (χ1) is 9.99. The summed E-state index contributed by atoms with van der Waals surface area (Å²) in [5.41, 5.74) is 7.12. The first-order valence-electron chi connectivity index (χ1n) is 6.58. The third-order valence-electron chi connectivity index (χ3n) is 3.06. The molecule has 0 aromatic heterocycles. The normalized spacial score (nSPS) is 11.5. The second kappa shape index (κ2) is 6.93. The summed E-state index contributed by atoms with van der Waals surface area (Å²) >= 11 is 5.84. The van der Waals surface area contributed by atoms with Crippen LogP contribution >= 0.6 is 11.6 Å². The van der Waals surface area contributed by atoms with Crippen LogP contribution in [0.5, 0.6) is 0 Å². The molecule has 0 aliphatic rings. The molecule has 0 fully saturated rings. The van der Waals surface area contributed by atoms with Crippen molar-refractivity contribution in [2.24, 2.45) is 0 Å². The molecule has 0 spiro atoms. The lowest BCUT2D eigenvalue weighted by Gasteiger charge is -2.08. The van der Waals surface area contributed by atoms with Crippen molar-refractivity contribution in [3.05, 3.63) is 59.1 Å². The average Bonchev–Trinajstić information content (AvgIpc) is 2.47. The van der Waals surface area contributed by atoms with Crippen LogP contribution in [0.15, 0.2) is 53.4 Å². The van der Waals surface area contributed by atoms with Crippen molar-refractivity contribution in [2.75, 3.05) is 12.3 Å². The lowest BCUT2D eigenvalue weighted by Crippen LogP contribution is -2.25. The SMILES string of the molecule is Nc1ccc(S(=O)(=O)NCCCc2ccccc2)cc1Cl. The van der Waals surface area contributed by atoms with E-state index < -0.39 is 10.0 Å². The van der Waals surface area contributed by atoms with Gasteiger partial charge >= 0.3 is 0 Å². The summed E-state index contributed by atoms with van der Waals surface area (Å²) in [6.07, 6.45) is 1.55. The number of hydrogen-bond donors (Lipinski definition) is 2. The first-order valence-corrected chi connectivity index (χ1v) is 8.44. The molecular weight excluding hydrogens is 308 g/mol. The lowest BCUT2D eigenvalue weighted by atomic mass is 10.1. The number of aryl methyl sites for hydroxylation is 1. The van der Waals surface area contributed by atoms with E-state index in [0.29, 0.717) is 12.2 Å². The van der Waals surface area contributed by atoms with E-state index in [4.69, 9.17) is 17.3 Å². The van der Waals surface area contributed by atoms with Crippen LogP contribution in [-0.4, -0.2) is 15.0 Å². The highest BCUT2D eigenvalue weighted by molar-refractivity contribution is 7.89. The number of sulfonamides is 1. The standard InChI is InChI=1S/C15H17ClN2O2S/c16-14-11-13(8-9-15(14)17)21(19,20)18-10-4-7-12-5-2-1-3-6-12/h1-3,5-6,8-9,11,18H,4,7,10,17H2. The monoisotopic (exact) mass is 324 g/mol. The number of nitrogens with one attached hydrogen (secondary N) is 1. The zero-order valence-corrected chi connectivity index (χ0v) is 13.0. The van der Waals surface area contributed by atoms with E-state index >= 15 is 0 Å². The molecule has 0 atom stereocenters. The van der Waals surface area contributed by atoms with Gasteiger partial charge in [0.1, 0.15) is 0 Å². The maximum absolute atomic E-state index is 12.1. The average molecular weight is 325 g/mol. The van der Waals surface area contributed by atoms with Gasteiger partial charge in [-0.15, -0.1) is 0 Å². The molecule has 3 N–H and O–H groups in total. The van der Waals surface area contributed by atoms with Gasteiger partial charge in [0.25, 0.3) is 0 Å². The smallest absolute Gasteiger partial charge is 0.240 e. The molecule has 6 heteroatoms. The minimum absolute atomic E-state index is 0.126. The maximum atomic E-state index is 12.1. The molecule has 2 rings (SSSR count). The number of nitrogens with two attached hydrogens (primary N) is 1. The molecule has 2 aromatic rings. The highest BCUT2D eigenvalue weighted by Gasteiger charge is 2.14. The van der Waals surface area contributed by atoms with Gasteiger partial charge in [0.15, 0.2) is 0 Å². The Bertz CT molecular complexity index is 703. The molecule has 0 bridgehead atoms. The van der Waals surface area contributed by atoms with E-state index in [1.54, 1.807) is 0 Å². The third kappa shape index (κ3) is 4.46. The summed E-state index contributed by atoms with van der Waals surface area (Å²) < 4.78 is 26.8. The van der Waals surface area contributed by atoms with E-state index in [9.17, 15) is 8.42 Å². The summed E-state index contributed by atoms with van der Waals surface area (Å²) in [5.74, 6) is 0. The number of hydrogen-bond acceptors (Lipinski definition) is 3. The van der Waals surface area contributed by atoms with Gasteiger partial charge in [0.05, 0.1) is 15.6 Å². The van der Waals surface area contributed by atoms with E-state index in [0.717, 1.165) is 12.8 Å². The Labute approximate surface area is 130 Å². The number of rotatable bonds is 6. The predicted octanol–water partition coefficient (Wildman–Crippen LogP) is 2.83. The molecule has 2 aromatic carbocycles. The van der Waals surface area contributed by atoms with Crippen LogP contribution in [0.2, 0.25) is 5.02 Å². The van der Waals surface area contributed by atoms with Crippen molar-refractivity contribution < 1.29 is 8.42 Å². The Balaban J connectivity index is 1.91. The summed E-state index contributed by atoms with van der Waals surface area (Å²) in [6, 6.07) is 14.2. The molecule has 0 amide bonds. The zero-order chi connectivity index (χ0) is 15.3. The number of anilines is 1. The minimum Gasteiger partial charge on any atom is -0.398 e. The summed E-state index contributed by atoms with van der Waals surface area (Å²) in [4.78, 5) is 0.126. The zero-order valence-electron chi connectivity index (χ0n) is 11.4. The minimum atomic E-state index is -3.54. The van der Waals surface area contributed by atoms with Crippen molar-refractivity contribution in [1.29, 1.82) is 0 Å². The van der Waals surface area contributed by atoms with Crippen LogP contribution < -0.4 is 10.5 Å². The van der Waals surface area contributed by atoms with Crippen LogP contribution in [0.1, 0.15) is 12.0 Å². The lowest BCUT2D eigenvalue weighted by molar-refractivity contribution is 0.579. The molecule has 0 heterocycles. The molecule has 0 saturated carbocycles. The predicted molar refractivity (Wildman–Crippen MR) is 85.8 cm³/mol. The maximum Gasteiger partial charge on any atom is 0.240 e. The molecule has 0 aliphatic carbocycles. The molecule has 21 heavy (non-hydrogen) atoms. The summed E-state index contributed by atoms with van der Waals surface area (Å²) in [7, 11) is -3.54. The van der Waals surface area contributed by atoms with Crippen molar-refractivity contribution in [1.82, 2.24) is 4.72 Å². The second-order valence-corrected chi connectivity index (χ2v) is 6.84. The van der Waals surface area contributed by atoms with Crippen molar-refractivity contribution in [3.63, 3.8) is 0 Å². The molecule has 112 valence electrons. The quantitative estimate of drug-likeness (QED) is 0.634. The molecule has 0 unspecified atom stereocenters. The van der Waals surface area contributed by atoms with E-state index in [1.165, 1.54) is 23.8 Å². The van der Waals surface area contributed by atoms with E-state index in [1.807, 2.05) is 30.3 Å². The van der Waals surface area contributed by atoms with E-state index in [-0.39, 0.29) is 9.92 Å². The first kappa shape index (κ1) is 15.8. The fraction of sp³-hybridized carbons (Fsp3) is 0.200. The third-order valence-corrected chi connectivity index (χ3v) is 4.85. The highest BCUT2D eigenvalue weighted by atomic mass is 35.5.